The lowest BCUT2D eigenvalue weighted by atomic mass is 10.2. The van der Waals surface area contributed by atoms with E-state index in [0.717, 1.165) is 137 Å². The molecule has 64 heavy (non-hydrogen) atoms. The lowest BCUT2D eigenvalue weighted by Crippen LogP contribution is -2.51. The van der Waals surface area contributed by atoms with Crippen molar-refractivity contribution in [1.29, 1.82) is 0 Å². The lowest BCUT2D eigenvalue weighted by molar-refractivity contribution is -0.159. The van der Waals surface area contributed by atoms with Gasteiger partial charge in [-0.3, -0.25) is 9.80 Å². The van der Waals surface area contributed by atoms with Gasteiger partial charge in [0.2, 0.25) is 11.9 Å². The number of aliphatic carboxylic acids is 2. The molecule has 0 amide bonds. The fourth-order valence-corrected chi connectivity index (χ4v) is 7.68. The van der Waals surface area contributed by atoms with Gasteiger partial charge in [0.05, 0.1) is 25.5 Å². The SMILES string of the molecule is CCOCCn1c(CCC(Nc2ncc[nH]2)N2CCNCC2)nc2cccnc21.CCOCCn1c(CCC(Nc2ncc[nH]2)N2CCNCC2)nc2cccnc21.O=C(O)C(=O)O. The Balaban J connectivity index is 0.000000189. The molecule has 6 aromatic rings. The zero-order valence-electron chi connectivity index (χ0n) is 36.7. The number of ether oxygens (including phenoxy) is 2. The molecule has 0 spiro atoms. The maximum absolute atomic E-state index is 9.10. The number of carbonyl (C=O) groups is 2. The molecule has 0 bridgehead atoms. The highest BCUT2D eigenvalue weighted by Gasteiger charge is 2.24. The van der Waals surface area contributed by atoms with Gasteiger partial charge in [0.15, 0.2) is 11.3 Å². The molecule has 2 aliphatic rings. The van der Waals surface area contributed by atoms with E-state index in [-0.39, 0.29) is 12.3 Å². The fourth-order valence-electron chi connectivity index (χ4n) is 7.68. The summed E-state index contributed by atoms with van der Waals surface area (Å²) in [6, 6.07) is 7.93. The molecule has 8 heterocycles. The Morgan fingerprint density at radius 3 is 1.44 bits per heavy atom. The Morgan fingerprint density at radius 1 is 0.656 bits per heavy atom. The summed E-state index contributed by atoms with van der Waals surface area (Å²) in [5.74, 6) is 0.0738. The van der Waals surface area contributed by atoms with Crippen LogP contribution in [-0.2, 0) is 45.0 Å². The standard InChI is InChI=1S/2C20H30N8O.C2H2O4/c2*1-2-29-15-14-28-18(25-16-4-3-7-22-19(16)28)6-5-17(26-20-23-8-9-24-20)27-12-10-21-11-13-27;3-1(4)2(5)6/h2*3-4,7-9,17,21H,2,5-6,10-15H2,1H3,(H2,23,24,26);(H,3,4)(H,5,6). The number of aromatic amines is 2. The van der Waals surface area contributed by atoms with Gasteiger partial charge in [0.25, 0.3) is 0 Å². The molecule has 2 saturated heterocycles. The first kappa shape index (κ1) is 47.4. The maximum Gasteiger partial charge on any atom is 0.414 e. The Labute approximate surface area is 371 Å². The van der Waals surface area contributed by atoms with E-state index in [0.29, 0.717) is 26.4 Å². The van der Waals surface area contributed by atoms with Gasteiger partial charge in [-0.05, 0) is 51.0 Å². The van der Waals surface area contributed by atoms with Gasteiger partial charge in [0, 0.05) is 129 Å². The summed E-state index contributed by atoms with van der Waals surface area (Å²) in [4.78, 5) is 57.0. The first-order valence-electron chi connectivity index (χ1n) is 22.0. The number of anilines is 2. The van der Waals surface area contributed by atoms with Crippen LogP contribution >= 0.6 is 0 Å². The summed E-state index contributed by atoms with van der Waals surface area (Å²) in [6.45, 7) is 16.4. The van der Waals surface area contributed by atoms with Crippen LogP contribution in [0.15, 0.2) is 61.4 Å². The molecule has 8 rings (SSSR count). The number of pyridine rings is 2. The number of carboxylic acid groups (broad SMARTS) is 2. The van der Waals surface area contributed by atoms with Gasteiger partial charge in [-0.25, -0.2) is 39.5 Å². The Kier molecular flexibility index (Phi) is 18.8. The summed E-state index contributed by atoms with van der Waals surface area (Å²) in [6.07, 6.45) is 14.8. The smallest absolute Gasteiger partial charge is 0.414 e. The van der Waals surface area contributed by atoms with E-state index in [1.54, 1.807) is 12.4 Å². The molecule has 0 aromatic carbocycles. The fraction of sp³-hybridized carbons (Fsp3) is 0.524. The van der Waals surface area contributed by atoms with Crippen LogP contribution in [0.25, 0.3) is 22.3 Å². The molecule has 2 atom stereocenters. The second-order valence-corrected chi connectivity index (χ2v) is 14.9. The van der Waals surface area contributed by atoms with Gasteiger partial charge >= 0.3 is 11.9 Å². The van der Waals surface area contributed by atoms with Crippen molar-refractivity contribution >= 4 is 46.2 Å². The normalized spacial score (nSPS) is 15.5. The Hall–Kier alpha value is -6.04. The number of piperazine rings is 2. The number of H-pyrrole nitrogens is 2. The van der Waals surface area contributed by atoms with E-state index in [1.807, 2.05) is 62.9 Å². The van der Waals surface area contributed by atoms with Gasteiger partial charge in [-0.15, -0.1) is 0 Å². The van der Waals surface area contributed by atoms with Crippen LogP contribution in [0, 0.1) is 0 Å². The van der Waals surface area contributed by atoms with Crippen molar-refractivity contribution in [3.05, 3.63) is 73.1 Å². The zero-order chi connectivity index (χ0) is 44.9. The molecule has 8 N–H and O–H groups in total. The highest BCUT2D eigenvalue weighted by Crippen LogP contribution is 2.20. The summed E-state index contributed by atoms with van der Waals surface area (Å²) >= 11 is 0. The Morgan fingerprint density at radius 2 is 1.08 bits per heavy atom. The molecule has 6 aromatic heterocycles. The number of aryl methyl sites for hydroxylation is 2. The molecule has 346 valence electrons. The molecule has 2 aliphatic heterocycles. The predicted octanol–water partition coefficient (Wildman–Crippen LogP) is 2.09. The van der Waals surface area contributed by atoms with Crippen molar-refractivity contribution in [1.82, 2.24) is 69.4 Å². The van der Waals surface area contributed by atoms with Gasteiger partial charge in [-0.1, -0.05) is 0 Å². The van der Waals surface area contributed by atoms with Crippen LogP contribution in [-0.4, -0.2) is 172 Å². The molecule has 0 radical (unpaired) electrons. The average molecular weight is 887 g/mol. The van der Waals surface area contributed by atoms with E-state index in [9.17, 15) is 0 Å². The summed E-state index contributed by atoms with van der Waals surface area (Å²) in [5.41, 5.74) is 3.74. The van der Waals surface area contributed by atoms with E-state index in [4.69, 9.17) is 39.2 Å². The van der Waals surface area contributed by atoms with Crippen molar-refractivity contribution in [2.75, 3.05) is 89.4 Å². The van der Waals surface area contributed by atoms with Crippen LogP contribution in [0.4, 0.5) is 11.9 Å². The highest BCUT2D eigenvalue weighted by molar-refractivity contribution is 6.27. The number of rotatable bonds is 20. The third-order valence-corrected chi connectivity index (χ3v) is 10.7. The summed E-state index contributed by atoms with van der Waals surface area (Å²) < 4.78 is 15.6. The largest absolute Gasteiger partial charge is 0.473 e. The van der Waals surface area contributed by atoms with E-state index in [1.165, 1.54) is 0 Å². The molecular formula is C42H62N16O6. The third kappa shape index (κ3) is 14.0. The highest BCUT2D eigenvalue weighted by atomic mass is 16.5. The first-order valence-corrected chi connectivity index (χ1v) is 22.0. The maximum atomic E-state index is 9.10. The summed E-state index contributed by atoms with van der Waals surface area (Å²) in [5, 5.41) is 28.8. The molecule has 22 nitrogen and oxygen atoms in total. The van der Waals surface area contributed by atoms with Crippen molar-refractivity contribution in [2.24, 2.45) is 0 Å². The lowest BCUT2D eigenvalue weighted by Gasteiger charge is -2.35. The van der Waals surface area contributed by atoms with E-state index < -0.39 is 11.9 Å². The second kappa shape index (κ2) is 25.3. The van der Waals surface area contributed by atoms with E-state index >= 15 is 0 Å². The van der Waals surface area contributed by atoms with Crippen LogP contribution in [0.2, 0.25) is 0 Å². The minimum atomic E-state index is -1.82. The number of nitrogens with one attached hydrogen (secondary N) is 6. The van der Waals surface area contributed by atoms with Crippen molar-refractivity contribution in [3.8, 4) is 0 Å². The van der Waals surface area contributed by atoms with Crippen LogP contribution < -0.4 is 21.3 Å². The number of aromatic nitrogens is 10. The van der Waals surface area contributed by atoms with Crippen molar-refractivity contribution in [2.45, 2.75) is 65.0 Å². The van der Waals surface area contributed by atoms with E-state index in [2.05, 4.69) is 70.1 Å². The molecular weight excluding hydrogens is 825 g/mol. The quantitative estimate of drug-likeness (QED) is 0.0403. The number of carboxylic acids is 2. The van der Waals surface area contributed by atoms with Crippen LogP contribution in [0.3, 0.4) is 0 Å². The first-order chi connectivity index (χ1) is 31.3. The zero-order valence-corrected chi connectivity index (χ0v) is 36.7. The number of nitrogens with zero attached hydrogens (tertiary/aromatic N) is 10. The average Bonchev–Trinajstić information content (AvgIpc) is 4.16. The van der Waals surface area contributed by atoms with Gasteiger partial charge in [-0.2, -0.15) is 0 Å². The number of hydrogen-bond donors (Lipinski definition) is 8. The van der Waals surface area contributed by atoms with Gasteiger partial charge < -0.3 is 60.1 Å². The monoisotopic (exact) mass is 887 g/mol. The predicted molar refractivity (Wildman–Crippen MR) is 241 cm³/mol. The molecule has 2 unspecified atom stereocenters. The molecule has 0 aliphatic carbocycles. The van der Waals surface area contributed by atoms with Crippen molar-refractivity contribution < 1.29 is 29.3 Å². The van der Waals surface area contributed by atoms with Crippen LogP contribution in [0.1, 0.15) is 38.3 Å². The molecule has 0 saturated carbocycles. The second-order valence-electron chi connectivity index (χ2n) is 14.9. The van der Waals surface area contributed by atoms with Crippen LogP contribution in [0.5, 0.6) is 0 Å². The number of imidazole rings is 4. The minimum Gasteiger partial charge on any atom is -0.473 e. The minimum absolute atomic E-state index is 0.191. The Bertz CT molecular complexity index is 2100. The van der Waals surface area contributed by atoms with Crippen molar-refractivity contribution in [3.63, 3.8) is 0 Å². The number of hydrogen-bond acceptors (Lipinski definition) is 16. The third-order valence-electron chi connectivity index (χ3n) is 10.7. The van der Waals surface area contributed by atoms with Gasteiger partial charge in [0.1, 0.15) is 22.7 Å². The molecule has 22 heteroatoms. The number of fused-ring (bicyclic) bond motifs is 2. The summed E-state index contributed by atoms with van der Waals surface area (Å²) in [7, 11) is 0. The molecule has 2 fully saturated rings. The topological polar surface area (TPSA) is 266 Å².